The molecule has 0 radical (unpaired) electrons. The highest BCUT2D eigenvalue weighted by molar-refractivity contribution is 7.18. The fourth-order valence-corrected chi connectivity index (χ4v) is 3.50. The molecule has 0 saturated carbocycles. The zero-order valence-electron chi connectivity index (χ0n) is 11.4. The van der Waals surface area contributed by atoms with Crippen LogP contribution in [0.1, 0.15) is 23.9 Å². The molecule has 20 heavy (non-hydrogen) atoms. The standard InChI is InChI=1S/C17H17NOS/c1-2-17(19,13-8-4-3-5-9-13)12-16-18-14-10-6-7-11-15(14)20-16/h3-11,19H,2,12H2,1H3. The molecule has 0 aliphatic rings. The molecule has 1 unspecified atom stereocenters. The Bertz CT molecular complexity index is 674. The molecular weight excluding hydrogens is 266 g/mol. The van der Waals surface area contributed by atoms with Gasteiger partial charge in [0.05, 0.1) is 20.8 Å². The molecule has 1 aromatic heterocycles. The molecule has 2 nitrogen and oxygen atoms in total. The van der Waals surface area contributed by atoms with E-state index in [1.807, 2.05) is 55.5 Å². The summed E-state index contributed by atoms with van der Waals surface area (Å²) in [6.07, 6.45) is 1.24. The lowest BCUT2D eigenvalue weighted by atomic mass is 9.88. The van der Waals surface area contributed by atoms with Crippen molar-refractivity contribution in [1.29, 1.82) is 0 Å². The number of thiazole rings is 1. The second-order valence-corrected chi connectivity index (χ2v) is 6.12. The van der Waals surface area contributed by atoms with Crippen molar-refractivity contribution in [2.45, 2.75) is 25.4 Å². The number of rotatable bonds is 4. The predicted octanol–water partition coefficient (Wildman–Crippen LogP) is 4.14. The Morgan fingerprint density at radius 1 is 1.05 bits per heavy atom. The van der Waals surface area contributed by atoms with Crippen molar-refractivity contribution < 1.29 is 5.11 Å². The summed E-state index contributed by atoms with van der Waals surface area (Å²) in [6.45, 7) is 2.01. The summed E-state index contributed by atoms with van der Waals surface area (Å²) in [6, 6.07) is 18.0. The number of aliphatic hydroxyl groups is 1. The van der Waals surface area contributed by atoms with E-state index in [4.69, 9.17) is 0 Å². The van der Waals surface area contributed by atoms with Gasteiger partial charge in [0.2, 0.25) is 0 Å². The minimum atomic E-state index is -0.838. The van der Waals surface area contributed by atoms with Crippen LogP contribution in [0, 0.1) is 0 Å². The second kappa shape index (κ2) is 5.35. The van der Waals surface area contributed by atoms with Gasteiger partial charge in [0.15, 0.2) is 0 Å². The lowest BCUT2D eigenvalue weighted by Gasteiger charge is -2.26. The highest BCUT2D eigenvalue weighted by atomic mass is 32.1. The molecule has 0 aliphatic heterocycles. The molecule has 0 saturated heterocycles. The van der Waals surface area contributed by atoms with Crippen LogP contribution >= 0.6 is 11.3 Å². The molecule has 102 valence electrons. The van der Waals surface area contributed by atoms with Gasteiger partial charge >= 0.3 is 0 Å². The molecule has 3 rings (SSSR count). The lowest BCUT2D eigenvalue weighted by Crippen LogP contribution is -2.27. The first kappa shape index (κ1) is 13.3. The van der Waals surface area contributed by atoms with E-state index in [0.717, 1.165) is 16.1 Å². The Morgan fingerprint density at radius 3 is 2.45 bits per heavy atom. The number of hydrogen-bond acceptors (Lipinski definition) is 3. The van der Waals surface area contributed by atoms with Crippen molar-refractivity contribution in [2.24, 2.45) is 0 Å². The molecule has 3 aromatic rings. The average molecular weight is 283 g/mol. The van der Waals surface area contributed by atoms with Crippen LogP contribution in [-0.2, 0) is 12.0 Å². The first-order valence-electron chi connectivity index (χ1n) is 6.83. The topological polar surface area (TPSA) is 33.1 Å². The third kappa shape index (κ3) is 2.47. The van der Waals surface area contributed by atoms with Crippen molar-refractivity contribution >= 4 is 21.6 Å². The van der Waals surface area contributed by atoms with Crippen molar-refractivity contribution in [2.75, 3.05) is 0 Å². The summed E-state index contributed by atoms with van der Waals surface area (Å²) in [5, 5.41) is 11.9. The largest absolute Gasteiger partial charge is 0.385 e. The predicted molar refractivity (Wildman–Crippen MR) is 84.0 cm³/mol. The quantitative estimate of drug-likeness (QED) is 0.780. The highest BCUT2D eigenvalue weighted by Crippen LogP contribution is 2.32. The number of hydrogen-bond donors (Lipinski definition) is 1. The van der Waals surface area contributed by atoms with E-state index in [1.165, 1.54) is 4.70 Å². The first-order chi connectivity index (χ1) is 9.71. The van der Waals surface area contributed by atoms with Gasteiger partial charge in [0.25, 0.3) is 0 Å². The van der Waals surface area contributed by atoms with Crippen molar-refractivity contribution in [3.63, 3.8) is 0 Å². The van der Waals surface area contributed by atoms with E-state index in [2.05, 4.69) is 11.1 Å². The third-order valence-electron chi connectivity index (χ3n) is 3.68. The lowest BCUT2D eigenvalue weighted by molar-refractivity contribution is 0.0327. The van der Waals surface area contributed by atoms with Gasteiger partial charge in [-0.05, 0) is 24.1 Å². The van der Waals surface area contributed by atoms with Gasteiger partial charge in [-0.3, -0.25) is 0 Å². The van der Waals surface area contributed by atoms with Crippen molar-refractivity contribution in [3.8, 4) is 0 Å². The minimum Gasteiger partial charge on any atom is -0.385 e. The molecule has 1 atom stereocenters. The van der Waals surface area contributed by atoms with Gasteiger partial charge in [-0.15, -0.1) is 11.3 Å². The SMILES string of the molecule is CCC(O)(Cc1nc2ccccc2s1)c1ccccc1. The zero-order chi connectivity index (χ0) is 14.0. The molecule has 0 aliphatic carbocycles. The summed E-state index contributed by atoms with van der Waals surface area (Å²) in [5.74, 6) is 0. The van der Waals surface area contributed by atoms with Gasteiger partial charge in [-0.1, -0.05) is 49.4 Å². The number of aromatic nitrogens is 1. The van der Waals surface area contributed by atoms with E-state index >= 15 is 0 Å². The van der Waals surface area contributed by atoms with E-state index in [1.54, 1.807) is 11.3 Å². The summed E-state index contributed by atoms with van der Waals surface area (Å²) < 4.78 is 1.18. The van der Waals surface area contributed by atoms with Gasteiger partial charge in [-0.2, -0.15) is 0 Å². The van der Waals surface area contributed by atoms with Crippen LogP contribution < -0.4 is 0 Å². The summed E-state index contributed by atoms with van der Waals surface area (Å²) >= 11 is 1.66. The highest BCUT2D eigenvalue weighted by Gasteiger charge is 2.28. The van der Waals surface area contributed by atoms with E-state index in [0.29, 0.717) is 12.8 Å². The Kier molecular flexibility index (Phi) is 3.55. The maximum absolute atomic E-state index is 10.9. The molecule has 0 amide bonds. The number of benzene rings is 2. The van der Waals surface area contributed by atoms with Crippen molar-refractivity contribution in [1.82, 2.24) is 4.98 Å². The van der Waals surface area contributed by atoms with Crippen LogP contribution in [0.4, 0.5) is 0 Å². The molecule has 0 bridgehead atoms. The monoisotopic (exact) mass is 283 g/mol. The molecule has 0 spiro atoms. The van der Waals surface area contributed by atoms with E-state index in [9.17, 15) is 5.11 Å². The number of nitrogens with zero attached hydrogens (tertiary/aromatic N) is 1. The van der Waals surface area contributed by atoms with Crippen molar-refractivity contribution in [3.05, 3.63) is 65.2 Å². The average Bonchev–Trinajstić information content (AvgIpc) is 2.90. The fourth-order valence-electron chi connectivity index (χ4n) is 2.43. The molecule has 0 fully saturated rings. The van der Waals surface area contributed by atoms with Crippen LogP contribution in [0.15, 0.2) is 54.6 Å². The molecule has 1 heterocycles. The van der Waals surface area contributed by atoms with Gasteiger partial charge < -0.3 is 5.11 Å². The molecule has 3 heteroatoms. The Hall–Kier alpha value is -1.71. The van der Waals surface area contributed by atoms with Gasteiger partial charge in [0.1, 0.15) is 0 Å². The molecular formula is C17H17NOS. The third-order valence-corrected chi connectivity index (χ3v) is 4.71. The maximum Gasteiger partial charge on any atom is 0.0970 e. The maximum atomic E-state index is 10.9. The number of fused-ring (bicyclic) bond motifs is 1. The van der Waals surface area contributed by atoms with Crippen LogP contribution in [0.2, 0.25) is 0 Å². The van der Waals surface area contributed by atoms with Crippen LogP contribution in [0.5, 0.6) is 0 Å². The Labute approximate surface area is 122 Å². The van der Waals surface area contributed by atoms with E-state index in [-0.39, 0.29) is 0 Å². The summed E-state index contributed by atoms with van der Waals surface area (Å²) in [5.41, 5.74) is 1.13. The fraction of sp³-hybridized carbons (Fsp3) is 0.235. The molecule has 1 N–H and O–H groups in total. The van der Waals surface area contributed by atoms with E-state index < -0.39 is 5.60 Å². The normalized spacial score (nSPS) is 14.3. The summed E-state index contributed by atoms with van der Waals surface area (Å²) in [4.78, 5) is 4.63. The van der Waals surface area contributed by atoms with Gasteiger partial charge in [0, 0.05) is 6.42 Å². The van der Waals surface area contributed by atoms with Crippen LogP contribution in [-0.4, -0.2) is 10.1 Å². The van der Waals surface area contributed by atoms with Gasteiger partial charge in [-0.25, -0.2) is 4.98 Å². The smallest absolute Gasteiger partial charge is 0.0970 e. The van der Waals surface area contributed by atoms with Crippen LogP contribution in [0.25, 0.3) is 10.2 Å². The second-order valence-electron chi connectivity index (χ2n) is 5.00. The molecule has 2 aromatic carbocycles. The first-order valence-corrected chi connectivity index (χ1v) is 7.65. The Balaban J connectivity index is 1.95. The number of para-hydroxylation sites is 1. The minimum absolute atomic E-state index is 0.562. The van der Waals surface area contributed by atoms with Crippen LogP contribution in [0.3, 0.4) is 0 Å². The Morgan fingerprint density at radius 2 is 1.75 bits per heavy atom. The summed E-state index contributed by atoms with van der Waals surface area (Å²) in [7, 11) is 0. The zero-order valence-corrected chi connectivity index (χ0v) is 12.2.